The van der Waals surface area contributed by atoms with Gasteiger partial charge in [0, 0.05) is 56.7 Å². The number of hydrogen-bond acceptors (Lipinski definition) is 4. The molecular formula is C16H28N4O3S. The van der Waals surface area contributed by atoms with Crippen molar-refractivity contribution in [2.75, 3.05) is 45.2 Å². The van der Waals surface area contributed by atoms with Gasteiger partial charge in [0.1, 0.15) is 9.84 Å². The van der Waals surface area contributed by atoms with E-state index in [2.05, 4.69) is 20.5 Å². The van der Waals surface area contributed by atoms with E-state index in [1.54, 1.807) is 7.05 Å². The number of sulfone groups is 1. The fourth-order valence-electron chi connectivity index (χ4n) is 4.13. The second kappa shape index (κ2) is 6.20. The number of piperidine rings is 1. The van der Waals surface area contributed by atoms with Gasteiger partial charge in [-0.2, -0.15) is 0 Å². The Balaban J connectivity index is 1.59. The maximum atomic E-state index is 11.6. The molecule has 0 aromatic carbocycles. The summed E-state index contributed by atoms with van der Waals surface area (Å²) in [7, 11) is -1.20. The molecule has 2 N–H and O–H groups in total. The predicted octanol–water partition coefficient (Wildman–Crippen LogP) is -0.0113. The van der Waals surface area contributed by atoms with Crippen LogP contribution in [0.2, 0.25) is 0 Å². The number of rotatable bonds is 4. The number of nitrogens with one attached hydrogen (secondary N) is 2. The van der Waals surface area contributed by atoms with Crippen molar-refractivity contribution in [2.24, 2.45) is 15.8 Å². The van der Waals surface area contributed by atoms with E-state index in [1.807, 2.05) is 0 Å². The van der Waals surface area contributed by atoms with Crippen LogP contribution in [-0.4, -0.2) is 70.4 Å². The van der Waals surface area contributed by atoms with Crippen molar-refractivity contribution >= 4 is 21.7 Å². The zero-order valence-electron chi connectivity index (χ0n) is 14.6. The first-order valence-electron chi connectivity index (χ1n) is 8.65. The highest BCUT2D eigenvalue weighted by molar-refractivity contribution is 7.90. The Hall–Kier alpha value is -1.31. The molecule has 0 radical (unpaired) electrons. The molecule has 1 saturated carbocycles. The van der Waals surface area contributed by atoms with Crippen LogP contribution in [0, 0.1) is 10.8 Å². The van der Waals surface area contributed by atoms with Crippen molar-refractivity contribution in [1.29, 1.82) is 0 Å². The van der Waals surface area contributed by atoms with Gasteiger partial charge in [0.05, 0.1) is 5.75 Å². The highest BCUT2D eigenvalue weighted by Gasteiger charge is 2.46. The van der Waals surface area contributed by atoms with E-state index < -0.39 is 9.84 Å². The van der Waals surface area contributed by atoms with E-state index in [0.717, 1.165) is 51.3 Å². The van der Waals surface area contributed by atoms with E-state index in [-0.39, 0.29) is 22.5 Å². The number of carbonyl (C=O) groups excluding carboxylic acids is 1. The first-order valence-corrected chi connectivity index (χ1v) is 10.7. The Bertz CT molecular complexity index is 642. The lowest BCUT2D eigenvalue weighted by Gasteiger charge is -2.41. The lowest BCUT2D eigenvalue weighted by molar-refractivity contribution is -0.119. The molecule has 24 heavy (non-hydrogen) atoms. The van der Waals surface area contributed by atoms with Gasteiger partial charge < -0.3 is 15.5 Å². The van der Waals surface area contributed by atoms with E-state index >= 15 is 0 Å². The number of hydrogen-bond donors (Lipinski definition) is 2. The Morgan fingerprint density at radius 3 is 2.67 bits per heavy atom. The predicted molar refractivity (Wildman–Crippen MR) is 93.6 cm³/mol. The Morgan fingerprint density at radius 1 is 1.38 bits per heavy atom. The highest BCUT2D eigenvalue weighted by atomic mass is 32.2. The molecule has 0 aromatic heterocycles. The SMILES string of the molecule is CN=C(NCC1(CS(C)(=O)=O)CC1)N1CCCC2(CNC(=O)C2)C1. The average molecular weight is 356 g/mol. The lowest BCUT2D eigenvalue weighted by Crippen LogP contribution is -2.52. The van der Waals surface area contributed by atoms with Gasteiger partial charge >= 0.3 is 0 Å². The molecule has 2 saturated heterocycles. The summed E-state index contributed by atoms with van der Waals surface area (Å²) in [6.07, 6.45) is 5.92. The van der Waals surface area contributed by atoms with Crippen LogP contribution in [0.1, 0.15) is 32.1 Å². The first kappa shape index (κ1) is 17.5. The van der Waals surface area contributed by atoms with Gasteiger partial charge in [0.2, 0.25) is 5.91 Å². The summed E-state index contributed by atoms with van der Waals surface area (Å²) in [5, 5.41) is 6.35. The van der Waals surface area contributed by atoms with Gasteiger partial charge in [-0.1, -0.05) is 0 Å². The fraction of sp³-hybridized carbons (Fsp3) is 0.875. The Morgan fingerprint density at radius 2 is 2.12 bits per heavy atom. The summed E-state index contributed by atoms with van der Waals surface area (Å²) in [4.78, 5) is 18.2. The van der Waals surface area contributed by atoms with Crippen molar-refractivity contribution < 1.29 is 13.2 Å². The molecule has 136 valence electrons. The minimum absolute atomic E-state index is 0.0248. The van der Waals surface area contributed by atoms with Crippen LogP contribution in [-0.2, 0) is 14.6 Å². The smallest absolute Gasteiger partial charge is 0.220 e. The molecule has 1 atom stereocenters. The van der Waals surface area contributed by atoms with Crippen molar-refractivity contribution in [3.05, 3.63) is 0 Å². The summed E-state index contributed by atoms with van der Waals surface area (Å²) in [5.74, 6) is 1.21. The third kappa shape index (κ3) is 4.02. The molecule has 0 aromatic rings. The van der Waals surface area contributed by atoms with E-state index in [9.17, 15) is 13.2 Å². The molecule has 0 bridgehead atoms. The first-order chi connectivity index (χ1) is 11.2. The van der Waals surface area contributed by atoms with Crippen LogP contribution in [0.5, 0.6) is 0 Å². The largest absolute Gasteiger partial charge is 0.356 e. The number of carbonyl (C=O) groups is 1. The molecule has 2 aliphatic heterocycles. The van der Waals surface area contributed by atoms with Crippen molar-refractivity contribution in [3.63, 3.8) is 0 Å². The summed E-state index contributed by atoms with van der Waals surface area (Å²) >= 11 is 0. The van der Waals surface area contributed by atoms with Crippen LogP contribution in [0.4, 0.5) is 0 Å². The van der Waals surface area contributed by atoms with Crippen LogP contribution in [0.3, 0.4) is 0 Å². The monoisotopic (exact) mass is 356 g/mol. The number of nitrogens with zero attached hydrogens (tertiary/aromatic N) is 2. The Labute approximate surface area is 144 Å². The van der Waals surface area contributed by atoms with Crippen LogP contribution in [0.25, 0.3) is 0 Å². The van der Waals surface area contributed by atoms with E-state index in [1.165, 1.54) is 6.26 Å². The second-order valence-corrected chi connectivity index (χ2v) is 10.1. The molecule has 1 aliphatic carbocycles. The molecular weight excluding hydrogens is 328 g/mol. The molecule has 3 rings (SSSR count). The minimum Gasteiger partial charge on any atom is -0.356 e. The summed E-state index contributed by atoms with van der Waals surface area (Å²) < 4.78 is 23.2. The van der Waals surface area contributed by atoms with E-state index in [0.29, 0.717) is 13.0 Å². The normalized spacial score (nSPS) is 29.7. The third-order valence-electron chi connectivity index (χ3n) is 5.52. The number of amides is 1. The van der Waals surface area contributed by atoms with Crippen LogP contribution < -0.4 is 10.6 Å². The summed E-state index contributed by atoms with van der Waals surface area (Å²) in [6.45, 7) is 3.14. The van der Waals surface area contributed by atoms with Crippen LogP contribution >= 0.6 is 0 Å². The fourth-order valence-corrected chi connectivity index (χ4v) is 5.64. The number of guanidine groups is 1. The van der Waals surface area contributed by atoms with Gasteiger partial charge in [0.15, 0.2) is 5.96 Å². The molecule has 2 heterocycles. The molecule has 1 amide bonds. The van der Waals surface area contributed by atoms with E-state index in [4.69, 9.17) is 0 Å². The molecule has 3 aliphatic rings. The van der Waals surface area contributed by atoms with Crippen molar-refractivity contribution in [3.8, 4) is 0 Å². The summed E-state index contributed by atoms with van der Waals surface area (Å²) in [6, 6.07) is 0. The maximum absolute atomic E-state index is 11.6. The Kier molecular flexibility index (Phi) is 4.53. The van der Waals surface area contributed by atoms with Gasteiger partial charge in [-0.05, 0) is 25.7 Å². The highest BCUT2D eigenvalue weighted by Crippen LogP contribution is 2.46. The quantitative estimate of drug-likeness (QED) is 0.546. The number of aliphatic imine (C=N–C) groups is 1. The van der Waals surface area contributed by atoms with Crippen LogP contribution in [0.15, 0.2) is 4.99 Å². The standard InChI is InChI=1S/C16H28N4O3S/c1-17-14(19-9-15(5-6-15)12-24(2,22)23)20-7-3-4-16(11-20)8-13(21)18-10-16/h3-12H2,1-2H3,(H,17,19)(H,18,21). The molecule has 7 nitrogen and oxygen atoms in total. The minimum atomic E-state index is -2.96. The molecule has 1 unspecified atom stereocenters. The van der Waals surface area contributed by atoms with Crippen molar-refractivity contribution in [1.82, 2.24) is 15.5 Å². The topological polar surface area (TPSA) is 90.9 Å². The zero-order chi connectivity index (χ0) is 17.4. The summed E-state index contributed by atoms with van der Waals surface area (Å²) in [5.41, 5.74) is -0.0984. The second-order valence-electron chi connectivity index (χ2n) is 7.95. The van der Waals surface area contributed by atoms with Gasteiger partial charge in [-0.25, -0.2) is 8.42 Å². The van der Waals surface area contributed by atoms with Gasteiger partial charge in [-0.15, -0.1) is 0 Å². The molecule has 3 fully saturated rings. The number of likely N-dealkylation sites (tertiary alicyclic amines) is 1. The molecule has 1 spiro atoms. The third-order valence-corrected chi connectivity index (χ3v) is 6.65. The van der Waals surface area contributed by atoms with Gasteiger partial charge in [-0.3, -0.25) is 9.79 Å². The molecule has 8 heteroatoms. The lowest BCUT2D eigenvalue weighted by atomic mass is 9.79. The van der Waals surface area contributed by atoms with Crippen molar-refractivity contribution in [2.45, 2.75) is 32.1 Å². The zero-order valence-corrected chi connectivity index (χ0v) is 15.4. The average Bonchev–Trinajstić information content (AvgIpc) is 3.14. The maximum Gasteiger partial charge on any atom is 0.220 e. The van der Waals surface area contributed by atoms with Gasteiger partial charge in [0.25, 0.3) is 0 Å².